The molecule has 3 fully saturated rings. The van der Waals surface area contributed by atoms with Crippen LogP contribution in [-0.4, -0.2) is 93.6 Å². The molecule has 4 aliphatic rings. The average molecular weight is 903 g/mol. The fraction of sp³-hybridized carbons (Fsp3) is 0.426. The summed E-state index contributed by atoms with van der Waals surface area (Å²) in [6.07, 6.45) is 9.72. The number of carbonyl (C=O) groups is 3. The first-order chi connectivity index (χ1) is 32.7. The first-order valence-electron chi connectivity index (χ1n) is 24.4. The zero-order chi connectivity index (χ0) is 46.0. The van der Waals surface area contributed by atoms with Gasteiger partial charge in [-0.25, -0.2) is 14.8 Å². The van der Waals surface area contributed by atoms with E-state index in [0.29, 0.717) is 19.0 Å². The van der Waals surface area contributed by atoms with Gasteiger partial charge in [-0.1, -0.05) is 86.6 Å². The molecule has 6 aromatic rings. The van der Waals surface area contributed by atoms with Crippen molar-refractivity contribution in [3.63, 3.8) is 0 Å². The second-order valence-corrected chi connectivity index (χ2v) is 19.2. The van der Waals surface area contributed by atoms with Crippen molar-refractivity contribution >= 4 is 28.7 Å². The van der Waals surface area contributed by atoms with Gasteiger partial charge in [0.15, 0.2) is 0 Å². The number of methoxy groups -OCH3 is 1. The maximum absolute atomic E-state index is 14.4. The monoisotopic (exact) mass is 902 g/mol. The highest BCUT2D eigenvalue weighted by Gasteiger charge is 2.39. The van der Waals surface area contributed by atoms with Gasteiger partial charge >= 0.3 is 6.09 Å². The molecule has 1 aliphatic carbocycles. The number of aryl methyl sites for hydroxylation is 2. The van der Waals surface area contributed by atoms with Crippen LogP contribution in [0.15, 0.2) is 91.1 Å². The van der Waals surface area contributed by atoms with Gasteiger partial charge in [0.05, 0.1) is 36.8 Å². The number of benzene rings is 4. The minimum absolute atomic E-state index is 0.0942. The summed E-state index contributed by atoms with van der Waals surface area (Å²) in [6, 6.07) is 28.6. The van der Waals surface area contributed by atoms with E-state index in [2.05, 4.69) is 87.3 Å². The van der Waals surface area contributed by atoms with Gasteiger partial charge in [0, 0.05) is 43.1 Å². The molecule has 348 valence electrons. The zero-order valence-corrected chi connectivity index (χ0v) is 38.9. The molecule has 0 spiro atoms. The average Bonchev–Trinajstić information content (AvgIpc) is 4.21. The molecule has 4 N–H and O–H groups in total. The predicted molar refractivity (Wildman–Crippen MR) is 259 cm³/mol. The summed E-state index contributed by atoms with van der Waals surface area (Å²) in [6.45, 7) is 7.63. The number of amides is 3. The Labute approximate surface area is 392 Å². The molecule has 3 amide bonds. The topological polar surface area (TPSA) is 158 Å². The van der Waals surface area contributed by atoms with Crippen molar-refractivity contribution in [1.29, 1.82) is 0 Å². The minimum atomic E-state index is -0.675. The van der Waals surface area contributed by atoms with Crippen LogP contribution < -0.4 is 10.6 Å². The number of aromatic nitrogens is 4. The van der Waals surface area contributed by atoms with E-state index in [1.165, 1.54) is 12.7 Å². The van der Waals surface area contributed by atoms with Crippen molar-refractivity contribution in [2.45, 2.75) is 95.8 Å². The van der Waals surface area contributed by atoms with Gasteiger partial charge < -0.3 is 39.9 Å². The van der Waals surface area contributed by atoms with Crippen LogP contribution in [-0.2, 0) is 31.9 Å². The number of hydrogen-bond acceptors (Lipinski definition) is 8. The third kappa shape index (κ3) is 9.23. The minimum Gasteiger partial charge on any atom is -0.453 e. The summed E-state index contributed by atoms with van der Waals surface area (Å²) in [4.78, 5) is 61.4. The van der Waals surface area contributed by atoms with Crippen molar-refractivity contribution in [3.05, 3.63) is 120 Å². The molecule has 0 saturated carbocycles. The molecule has 5 heterocycles. The quantitative estimate of drug-likeness (QED) is 0.0894. The van der Waals surface area contributed by atoms with E-state index >= 15 is 0 Å². The summed E-state index contributed by atoms with van der Waals surface area (Å²) in [7, 11) is 1.31. The van der Waals surface area contributed by atoms with E-state index in [4.69, 9.17) is 19.4 Å². The molecule has 4 aromatic carbocycles. The van der Waals surface area contributed by atoms with Gasteiger partial charge in [0.25, 0.3) is 0 Å². The summed E-state index contributed by atoms with van der Waals surface area (Å²) in [5.41, 5.74) is 9.74. The number of aromatic amines is 2. The number of nitrogens with one attached hydrogen (secondary N) is 4. The highest BCUT2D eigenvalue weighted by atomic mass is 16.5. The van der Waals surface area contributed by atoms with Gasteiger partial charge in [-0.15, -0.1) is 0 Å². The fourth-order valence-corrected chi connectivity index (χ4v) is 10.8. The van der Waals surface area contributed by atoms with Gasteiger partial charge in [-0.3, -0.25) is 9.59 Å². The van der Waals surface area contributed by atoms with Gasteiger partial charge in [0.1, 0.15) is 23.7 Å². The van der Waals surface area contributed by atoms with Gasteiger partial charge in [0.2, 0.25) is 11.8 Å². The zero-order valence-electron chi connectivity index (χ0n) is 38.9. The molecule has 13 heteroatoms. The number of ether oxygens (including phenoxy) is 2. The van der Waals surface area contributed by atoms with Crippen LogP contribution in [0.1, 0.15) is 105 Å². The Morgan fingerprint density at radius 1 is 0.791 bits per heavy atom. The van der Waals surface area contributed by atoms with E-state index in [-0.39, 0.29) is 29.8 Å². The van der Waals surface area contributed by atoms with Crippen molar-refractivity contribution < 1.29 is 23.9 Å². The summed E-state index contributed by atoms with van der Waals surface area (Å²) < 4.78 is 10.4. The van der Waals surface area contributed by atoms with Crippen molar-refractivity contribution in [2.75, 3.05) is 40.0 Å². The maximum atomic E-state index is 14.4. The normalized spacial score (nSPS) is 19.3. The van der Waals surface area contributed by atoms with Crippen molar-refractivity contribution in [2.24, 2.45) is 11.8 Å². The lowest BCUT2D eigenvalue weighted by molar-refractivity contribution is -0.136. The summed E-state index contributed by atoms with van der Waals surface area (Å²) in [5, 5.41) is 8.68. The number of rotatable bonds is 13. The second-order valence-electron chi connectivity index (χ2n) is 19.2. The first-order valence-corrected chi connectivity index (χ1v) is 24.4. The number of likely N-dealkylation sites (tertiary alicyclic amines) is 2. The van der Waals surface area contributed by atoms with Crippen molar-refractivity contribution in [3.8, 4) is 33.6 Å². The lowest BCUT2D eigenvalue weighted by Crippen LogP contribution is -2.51. The van der Waals surface area contributed by atoms with E-state index in [1.54, 1.807) is 0 Å². The van der Waals surface area contributed by atoms with E-state index in [0.717, 1.165) is 145 Å². The third-order valence-electron chi connectivity index (χ3n) is 14.6. The first kappa shape index (κ1) is 44.5. The number of imidazole rings is 2. The Kier molecular flexibility index (Phi) is 13.0. The molecular weight excluding hydrogens is 841 g/mol. The van der Waals surface area contributed by atoms with Crippen LogP contribution in [0.3, 0.4) is 0 Å². The highest BCUT2D eigenvalue weighted by molar-refractivity contribution is 5.91. The lowest BCUT2D eigenvalue weighted by atomic mass is 9.89. The molecule has 10 rings (SSSR count). The predicted octanol–water partition coefficient (Wildman–Crippen LogP) is 9.24. The Balaban J connectivity index is 0.824. The van der Waals surface area contributed by atoms with E-state index in [9.17, 15) is 14.4 Å². The molecule has 0 radical (unpaired) electrons. The smallest absolute Gasteiger partial charge is 0.407 e. The SMILES string of the molecule is COC(=O)N[C@H](C(=O)N1CCC[C@H]1c1nc2c([nH]1)CCc1cc(-c3ccc4cc(-c5cnc([C@@H]6CCCN6C(=O)[C@H](NCCC6CCOCC6)c6ccccc6)[nH]5)ccc4c3)ccc1-2)C(C)C. The number of nitrogens with zero attached hydrogens (tertiary/aromatic N) is 4. The standard InChI is InChI=1S/C54H62N8O5/c1-33(2)47(60-54(65)66-3)52(63)62-26-8-12-46(62)51-57-43-20-18-40-30-39(17-19-42(40)49(43)59-51)36-13-14-38-31-41(16-15-37(38)29-36)44-32-56-50(58-44)45-11-7-25-61(45)53(64)48(35-9-5-4-6-10-35)55-24-21-34-22-27-67-28-23-34/h4-6,9-10,13-17,19,29-34,45-48,55H,7-8,11-12,18,20-28H2,1-3H3,(H,56,58)(H,57,59)(H,60,65)/t45-,46-,47-,48+/m0/s1. The van der Waals surface area contributed by atoms with Crippen LogP contribution >= 0.6 is 0 Å². The van der Waals surface area contributed by atoms with Crippen LogP contribution in [0.4, 0.5) is 4.79 Å². The van der Waals surface area contributed by atoms with Gasteiger partial charge in [-0.05, 0) is 121 Å². The van der Waals surface area contributed by atoms with Crippen LogP contribution in [0.5, 0.6) is 0 Å². The van der Waals surface area contributed by atoms with Crippen LogP contribution in [0.25, 0.3) is 44.4 Å². The molecule has 3 saturated heterocycles. The number of alkyl carbamates (subject to hydrolysis) is 1. The number of fused-ring (bicyclic) bond motifs is 4. The molecule has 4 atom stereocenters. The maximum Gasteiger partial charge on any atom is 0.407 e. The molecule has 13 nitrogen and oxygen atoms in total. The summed E-state index contributed by atoms with van der Waals surface area (Å²) >= 11 is 0. The summed E-state index contributed by atoms with van der Waals surface area (Å²) in [5.74, 6) is 2.17. The fourth-order valence-electron chi connectivity index (χ4n) is 10.8. The molecule has 3 aliphatic heterocycles. The van der Waals surface area contributed by atoms with E-state index in [1.807, 2.05) is 48.0 Å². The molecule has 67 heavy (non-hydrogen) atoms. The number of H-pyrrole nitrogens is 2. The van der Waals surface area contributed by atoms with Gasteiger partial charge in [-0.2, -0.15) is 0 Å². The Morgan fingerprint density at radius 2 is 1.48 bits per heavy atom. The third-order valence-corrected chi connectivity index (χ3v) is 14.6. The second kappa shape index (κ2) is 19.5. The molecule has 0 unspecified atom stereocenters. The molecule has 2 aromatic heterocycles. The molecule has 0 bridgehead atoms. The van der Waals surface area contributed by atoms with Crippen molar-refractivity contribution in [1.82, 2.24) is 40.4 Å². The lowest BCUT2D eigenvalue weighted by Gasteiger charge is -2.30. The molecular formula is C54H62N8O5. The Hall–Kier alpha value is -6.31. The number of hydrogen-bond donors (Lipinski definition) is 4. The largest absolute Gasteiger partial charge is 0.453 e. The Morgan fingerprint density at radius 3 is 2.22 bits per heavy atom. The number of carbonyl (C=O) groups excluding carboxylic acids is 3. The van der Waals surface area contributed by atoms with E-state index < -0.39 is 18.2 Å². The highest BCUT2D eigenvalue weighted by Crippen LogP contribution is 2.40. The Bertz CT molecular complexity index is 2740. The van der Waals surface area contributed by atoms with Crippen LogP contribution in [0, 0.1) is 11.8 Å². The van der Waals surface area contributed by atoms with Crippen LogP contribution in [0.2, 0.25) is 0 Å².